The van der Waals surface area contributed by atoms with Crippen LogP contribution in [0.1, 0.15) is 23.2 Å². The molecule has 2 aromatic rings. The van der Waals surface area contributed by atoms with Gasteiger partial charge >= 0.3 is 0 Å². The summed E-state index contributed by atoms with van der Waals surface area (Å²) >= 11 is 0. The number of hydrogen-bond acceptors (Lipinski definition) is 4. The molecule has 0 unspecified atom stereocenters. The molecule has 1 saturated heterocycles. The first-order chi connectivity index (χ1) is 11.3. The highest BCUT2D eigenvalue weighted by molar-refractivity contribution is 6.05. The molecule has 0 bridgehead atoms. The number of hydrogen-bond donors (Lipinski definition) is 2. The fourth-order valence-electron chi connectivity index (χ4n) is 3.12. The van der Waals surface area contributed by atoms with Crippen LogP contribution in [0, 0.1) is 5.92 Å². The van der Waals surface area contributed by atoms with Gasteiger partial charge in [0.15, 0.2) is 0 Å². The van der Waals surface area contributed by atoms with E-state index >= 15 is 0 Å². The maximum Gasteiger partial charge on any atom is 0.253 e. The van der Waals surface area contributed by atoms with Crippen LogP contribution in [0.5, 0.6) is 0 Å². The lowest BCUT2D eigenvalue weighted by molar-refractivity contribution is 0.0927. The molecular weight excluding hydrogens is 292 g/mol. The number of aromatic amines is 1. The van der Waals surface area contributed by atoms with Crippen LogP contribution in [-0.4, -0.2) is 60.9 Å². The summed E-state index contributed by atoms with van der Waals surface area (Å²) in [5.41, 5.74) is 1.47. The molecule has 1 fully saturated rings. The SMILES string of the molecule is COCCN1CCC(CNC(=O)c2cccc3cn[nH]c23)CC1. The molecule has 3 rings (SSSR count). The summed E-state index contributed by atoms with van der Waals surface area (Å²) in [5, 5.41) is 11.0. The fourth-order valence-corrected chi connectivity index (χ4v) is 3.12. The molecule has 1 amide bonds. The second kappa shape index (κ2) is 7.57. The van der Waals surface area contributed by atoms with Gasteiger partial charge in [-0.05, 0) is 37.9 Å². The lowest BCUT2D eigenvalue weighted by atomic mass is 9.96. The normalized spacial score (nSPS) is 16.7. The molecule has 2 heterocycles. The van der Waals surface area contributed by atoms with E-state index in [2.05, 4.69) is 20.4 Å². The van der Waals surface area contributed by atoms with Gasteiger partial charge in [-0.1, -0.05) is 12.1 Å². The predicted octanol–water partition coefficient (Wildman–Crippen LogP) is 1.65. The van der Waals surface area contributed by atoms with Crippen molar-refractivity contribution in [2.45, 2.75) is 12.8 Å². The number of likely N-dealkylation sites (tertiary alicyclic amines) is 1. The van der Waals surface area contributed by atoms with E-state index in [1.165, 1.54) is 0 Å². The zero-order chi connectivity index (χ0) is 16.1. The van der Waals surface area contributed by atoms with Gasteiger partial charge in [-0.15, -0.1) is 0 Å². The third kappa shape index (κ3) is 3.89. The molecule has 0 atom stereocenters. The molecule has 1 aromatic heterocycles. The number of benzene rings is 1. The molecular formula is C17H24N4O2. The Balaban J connectivity index is 1.49. The van der Waals surface area contributed by atoms with Crippen molar-refractivity contribution in [2.75, 3.05) is 39.9 Å². The van der Waals surface area contributed by atoms with Gasteiger partial charge in [-0.3, -0.25) is 9.89 Å². The van der Waals surface area contributed by atoms with Crippen molar-refractivity contribution < 1.29 is 9.53 Å². The van der Waals surface area contributed by atoms with Crippen LogP contribution in [0.3, 0.4) is 0 Å². The second-order valence-corrected chi connectivity index (χ2v) is 6.13. The smallest absolute Gasteiger partial charge is 0.253 e. The Labute approximate surface area is 136 Å². The number of amides is 1. The van der Waals surface area contributed by atoms with Crippen LogP contribution in [-0.2, 0) is 4.74 Å². The van der Waals surface area contributed by atoms with Crippen LogP contribution in [0.4, 0.5) is 0 Å². The Morgan fingerprint density at radius 1 is 1.43 bits per heavy atom. The van der Waals surface area contributed by atoms with Crippen molar-refractivity contribution in [2.24, 2.45) is 5.92 Å². The van der Waals surface area contributed by atoms with Gasteiger partial charge < -0.3 is 15.0 Å². The Hall–Kier alpha value is -1.92. The van der Waals surface area contributed by atoms with Crippen molar-refractivity contribution in [1.82, 2.24) is 20.4 Å². The molecule has 0 radical (unpaired) electrons. The van der Waals surface area contributed by atoms with Crippen LogP contribution >= 0.6 is 0 Å². The first-order valence-electron chi connectivity index (χ1n) is 8.19. The Kier molecular flexibility index (Phi) is 5.25. The Morgan fingerprint density at radius 3 is 3.04 bits per heavy atom. The molecule has 6 nitrogen and oxygen atoms in total. The number of carbonyl (C=O) groups excluding carboxylic acids is 1. The average Bonchev–Trinajstić information content (AvgIpc) is 3.07. The number of methoxy groups -OCH3 is 1. The standard InChI is InChI=1S/C17H24N4O2/c1-23-10-9-21-7-5-13(6-8-21)11-18-17(22)15-4-2-3-14-12-19-20-16(14)15/h2-4,12-13H,5-11H2,1H3,(H,18,22)(H,19,20). The highest BCUT2D eigenvalue weighted by Gasteiger charge is 2.20. The third-order valence-electron chi connectivity index (χ3n) is 4.59. The van der Waals surface area contributed by atoms with Crippen LogP contribution in [0.2, 0.25) is 0 Å². The minimum absolute atomic E-state index is 0.0262. The molecule has 2 N–H and O–H groups in total. The molecule has 6 heteroatoms. The van der Waals surface area contributed by atoms with Gasteiger partial charge in [0, 0.05) is 25.6 Å². The summed E-state index contributed by atoms with van der Waals surface area (Å²) in [5.74, 6) is 0.528. The zero-order valence-corrected chi connectivity index (χ0v) is 13.5. The number of piperidine rings is 1. The maximum absolute atomic E-state index is 12.4. The summed E-state index contributed by atoms with van der Waals surface area (Å²) in [4.78, 5) is 14.8. The molecule has 1 aromatic carbocycles. The number of para-hydroxylation sites is 1. The van der Waals surface area contributed by atoms with Gasteiger partial charge in [0.05, 0.1) is 23.9 Å². The topological polar surface area (TPSA) is 70.2 Å². The molecule has 0 saturated carbocycles. The van der Waals surface area contributed by atoms with E-state index in [1.54, 1.807) is 13.3 Å². The van der Waals surface area contributed by atoms with Crippen molar-refractivity contribution in [1.29, 1.82) is 0 Å². The number of H-pyrrole nitrogens is 1. The minimum Gasteiger partial charge on any atom is -0.383 e. The molecule has 0 aliphatic carbocycles. The van der Waals surface area contributed by atoms with E-state index in [0.29, 0.717) is 11.5 Å². The summed E-state index contributed by atoms with van der Waals surface area (Å²) in [6.45, 7) is 4.69. The van der Waals surface area contributed by atoms with E-state index in [1.807, 2.05) is 18.2 Å². The number of aromatic nitrogens is 2. The Morgan fingerprint density at radius 2 is 2.26 bits per heavy atom. The van der Waals surface area contributed by atoms with Crippen molar-refractivity contribution in [3.8, 4) is 0 Å². The predicted molar refractivity (Wildman–Crippen MR) is 89.5 cm³/mol. The summed E-state index contributed by atoms with van der Waals surface area (Å²) < 4.78 is 5.12. The summed E-state index contributed by atoms with van der Waals surface area (Å²) in [6.07, 6.45) is 3.98. The third-order valence-corrected chi connectivity index (χ3v) is 4.59. The van der Waals surface area contributed by atoms with Crippen molar-refractivity contribution in [3.63, 3.8) is 0 Å². The van der Waals surface area contributed by atoms with Gasteiger partial charge in [-0.25, -0.2) is 0 Å². The van der Waals surface area contributed by atoms with Crippen LogP contribution in [0.25, 0.3) is 10.9 Å². The first kappa shape index (κ1) is 16.0. The van der Waals surface area contributed by atoms with E-state index in [9.17, 15) is 4.79 Å². The van der Waals surface area contributed by atoms with Crippen LogP contribution < -0.4 is 5.32 Å². The lowest BCUT2D eigenvalue weighted by Crippen LogP contribution is -2.39. The molecule has 23 heavy (non-hydrogen) atoms. The van der Waals surface area contributed by atoms with Gasteiger partial charge in [0.25, 0.3) is 5.91 Å². The number of nitrogens with one attached hydrogen (secondary N) is 2. The van der Waals surface area contributed by atoms with E-state index < -0.39 is 0 Å². The molecule has 1 aliphatic rings. The van der Waals surface area contributed by atoms with Crippen LogP contribution in [0.15, 0.2) is 24.4 Å². The van der Waals surface area contributed by atoms with Gasteiger partial charge in [0.1, 0.15) is 0 Å². The highest BCUT2D eigenvalue weighted by Crippen LogP contribution is 2.18. The van der Waals surface area contributed by atoms with Crippen molar-refractivity contribution in [3.05, 3.63) is 30.0 Å². The average molecular weight is 316 g/mol. The monoisotopic (exact) mass is 316 g/mol. The Bertz CT molecular complexity index is 647. The largest absolute Gasteiger partial charge is 0.383 e. The number of rotatable bonds is 6. The van der Waals surface area contributed by atoms with Gasteiger partial charge in [-0.2, -0.15) is 5.10 Å². The quantitative estimate of drug-likeness (QED) is 0.850. The number of fused-ring (bicyclic) bond motifs is 1. The second-order valence-electron chi connectivity index (χ2n) is 6.13. The fraction of sp³-hybridized carbons (Fsp3) is 0.529. The minimum atomic E-state index is -0.0262. The summed E-state index contributed by atoms with van der Waals surface area (Å²) in [7, 11) is 1.74. The van der Waals surface area contributed by atoms with E-state index in [-0.39, 0.29) is 5.91 Å². The number of ether oxygens (including phenoxy) is 1. The first-order valence-corrected chi connectivity index (χ1v) is 8.19. The highest BCUT2D eigenvalue weighted by atomic mass is 16.5. The van der Waals surface area contributed by atoms with Crippen molar-refractivity contribution >= 4 is 16.8 Å². The molecule has 1 aliphatic heterocycles. The zero-order valence-electron chi connectivity index (χ0n) is 13.5. The number of carbonyl (C=O) groups is 1. The molecule has 124 valence electrons. The molecule has 0 spiro atoms. The van der Waals surface area contributed by atoms with E-state index in [0.717, 1.165) is 56.5 Å². The lowest BCUT2D eigenvalue weighted by Gasteiger charge is -2.31. The summed E-state index contributed by atoms with van der Waals surface area (Å²) in [6, 6.07) is 5.68. The van der Waals surface area contributed by atoms with Gasteiger partial charge in [0.2, 0.25) is 0 Å². The number of nitrogens with zero attached hydrogens (tertiary/aromatic N) is 2. The van der Waals surface area contributed by atoms with E-state index in [4.69, 9.17) is 4.74 Å². The maximum atomic E-state index is 12.4.